The maximum Gasteiger partial charge on any atom is 0.338 e. The second kappa shape index (κ2) is 34.2. The van der Waals surface area contributed by atoms with E-state index in [-0.39, 0.29) is 73.9 Å². The number of ether oxygens (including phenoxy) is 1. The molecule has 9 heteroatoms. The molecule has 5 nitrogen and oxygen atoms in total. The normalized spacial score (nSPS) is 10.7. The van der Waals surface area contributed by atoms with Crippen LogP contribution in [0.15, 0.2) is 91.0 Å². The van der Waals surface area contributed by atoms with Gasteiger partial charge in [-0.25, -0.2) is 4.79 Å². The summed E-state index contributed by atoms with van der Waals surface area (Å²) in [6.07, 6.45) is 8.02. The quantitative estimate of drug-likeness (QED) is 0.127. The standard InChI is InChI=1S/C19H34N.C13H22N.C12H18NO2.4BrH/c1-4-7-15-20(16-8-5-2,17-9-6-3)18-19-13-11-10-12-14-19;1-4-14(5-2,6-3)12-13-10-8-7-9-11-13;1-13(2,3)9-10-15-12(14)11-7-5-4-6-8-11;;;;/h10-14H,4-9,15-18H2,1-3H3;7-11H,4-6,12H2,1-3H3;4-8H,9-10H2,1-3H3;4*1H/q3*+1;;;;/p-3. The minimum Gasteiger partial charge on any atom is -1.00 e. The van der Waals surface area contributed by atoms with Crippen molar-refractivity contribution in [2.75, 3.05) is 73.6 Å². The third-order valence-electron chi connectivity index (χ3n) is 9.70. The minimum atomic E-state index is -0.246. The molecular formula is C44H75Br4N3O2. The molecule has 0 aliphatic heterocycles. The van der Waals surface area contributed by atoms with E-state index in [2.05, 4.69) is 123 Å². The van der Waals surface area contributed by atoms with Gasteiger partial charge in [0.05, 0.1) is 66.0 Å². The maximum absolute atomic E-state index is 11.5. The number of rotatable bonds is 20. The fraction of sp³-hybridized carbons (Fsp3) is 0.568. The Hall–Kier alpha value is -1.07. The van der Waals surface area contributed by atoms with Gasteiger partial charge in [0.15, 0.2) is 0 Å². The molecule has 3 rings (SSSR count). The van der Waals surface area contributed by atoms with Crippen molar-refractivity contribution < 1.29 is 73.9 Å². The highest BCUT2D eigenvalue weighted by Crippen LogP contribution is 2.20. The van der Waals surface area contributed by atoms with Gasteiger partial charge in [-0.05, 0) is 52.2 Å². The Morgan fingerprint density at radius 2 is 0.849 bits per heavy atom. The van der Waals surface area contributed by atoms with E-state index >= 15 is 0 Å². The number of quaternary nitrogens is 3. The van der Waals surface area contributed by atoms with Gasteiger partial charge in [0, 0.05) is 11.1 Å². The van der Waals surface area contributed by atoms with Crippen molar-refractivity contribution in [1.29, 1.82) is 0 Å². The zero-order valence-electron chi connectivity index (χ0n) is 34.7. The first-order valence-corrected chi connectivity index (χ1v) is 19.3. The average molecular weight is 998 g/mol. The molecule has 3 aromatic carbocycles. The summed E-state index contributed by atoms with van der Waals surface area (Å²) in [5.74, 6) is -0.246. The van der Waals surface area contributed by atoms with Crippen LogP contribution in [0, 0.1) is 0 Å². The Morgan fingerprint density at radius 3 is 1.17 bits per heavy atom. The summed E-state index contributed by atoms with van der Waals surface area (Å²) >= 11 is 0. The number of unbranched alkanes of at least 4 members (excludes halogenated alkanes) is 3. The highest BCUT2D eigenvalue weighted by atomic mass is 79.9. The van der Waals surface area contributed by atoms with E-state index < -0.39 is 0 Å². The Kier molecular flexibility index (Phi) is 37.8. The molecule has 0 aromatic heterocycles. The van der Waals surface area contributed by atoms with Gasteiger partial charge >= 0.3 is 5.97 Å². The number of hydrogen-bond acceptors (Lipinski definition) is 2. The van der Waals surface area contributed by atoms with Crippen LogP contribution in [0.2, 0.25) is 0 Å². The van der Waals surface area contributed by atoms with Crippen molar-refractivity contribution in [2.24, 2.45) is 0 Å². The van der Waals surface area contributed by atoms with E-state index in [0.717, 1.165) is 11.0 Å². The number of carbonyl (C=O) groups excluding carboxylic acids is 1. The smallest absolute Gasteiger partial charge is 0.338 e. The molecule has 0 amide bonds. The highest BCUT2D eigenvalue weighted by molar-refractivity contribution is 8.93. The lowest BCUT2D eigenvalue weighted by Crippen LogP contribution is -3.00. The predicted molar refractivity (Wildman–Crippen MR) is 222 cm³/mol. The van der Waals surface area contributed by atoms with Gasteiger partial charge in [0.2, 0.25) is 0 Å². The SMILES string of the molecule is Br.CCCC[N+](CCCC)(CCCC)Cc1ccccc1.CC[N+](CC)(CC)Cc1ccccc1.C[N+](C)(C)CCOC(=O)c1ccccc1.[Br-].[Br-].[Br-]. The zero-order chi connectivity index (χ0) is 36.4. The molecule has 0 fully saturated rings. The largest absolute Gasteiger partial charge is 1.00 e. The molecule has 0 spiro atoms. The van der Waals surface area contributed by atoms with Crippen LogP contribution in [0.4, 0.5) is 0 Å². The molecule has 0 bridgehead atoms. The van der Waals surface area contributed by atoms with Crippen LogP contribution in [0.1, 0.15) is 102 Å². The first-order valence-electron chi connectivity index (χ1n) is 19.3. The Labute approximate surface area is 368 Å². The highest BCUT2D eigenvalue weighted by Gasteiger charge is 2.26. The van der Waals surface area contributed by atoms with Gasteiger partial charge in [-0.3, -0.25) is 0 Å². The van der Waals surface area contributed by atoms with Crippen molar-refractivity contribution in [1.82, 2.24) is 0 Å². The number of likely N-dealkylation sites (N-methyl/N-ethyl adjacent to an activating group) is 1. The monoisotopic (exact) mass is 993 g/mol. The van der Waals surface area contributed by atoms with Crippen molar-refractivity contribution >= 4 is 23.0 Å². The first-order chi connectivity index (χ1) is 23.5. The van der Waals surface area contributed by atoms with E-state index in [1.165, 1.54) is 111 Å². The van der Waals surface area contributed by atoms with E-state index in [1.54, 1.807) is 12.1 Å². The summed E-state index contributed by atoms with van der Waals surface area (Å²) in [7, 11) is 6.20. The van der Waals surface area contributed by atoms with Gasteiger partial charge in [0.1, 0.15) is 26.2 Å². The molecule has 0 heterocycles. The van der Waals surface area contributed by atoms with Crippen molar-refractivity contribution in [3.05, 3.63) is 108 Å². The fourth-order valence-corrected chi connectivity index (χ4v) is 6.07. The fourth-order valence-electron chi connectivity index (χ4n) is 6.07. The van der Waals surface area contributed by atoms with Gasteiger partial charge in [-0.1, -0.05) is 119 Å². The third-order valence-corrected chi connectivity index (χ3v) is 9.70. The zero-order valence-corrected chi connectivity index (χ0v) is 41.1. The summed E-state index contributed by atoms with van der Waals surface area (Å²) in [5, 5.41) is 0. The average Bonchev–Trinajstić information content (AvgIpc) is 3.12. The second-order valence-electron chi connectivity index (χ2n) is 14.7. The molecule has 0 aliphatic carbocycles. The molecule has 0 saturated heterocycles. The summed E-state index contributed by atoms with van der Waals surface area (Å²) in [5.41, 5.74) is 3.58. The number of hydrogen-bond donors (Lipinski definition) is 0. The first kappa shape index (κ1) is 58.6. The number of carbonyl (C=O) groups is 1. The molecule has 53 heavy (non-hydrogen) atoms. The molecule has 0 radical (unpaired) electrons. The molecular weight excluding hydrogens is 922 g/mol. The summed E-state index contributed by atoms with van der Waals surface area (Å²) < 4.78 is 8.45. The molecule has 0 unspecified atom stereocenters. The number of esters is 1. The van der Waals surface area contributed by atoms with Crippen LogP contribution in [0.25, 0.3) is 0 Å². The molecule has 0 saturated carbocycles. The summed E-state index contributed by atoms with van der Waals surface area (Å²) in [6.45, 7) is 25.2. The number of nitrogens with zero attached hydrogens (tertiary/aromatic N) is 3. The lowest BCUT2D eigenvalue weighted by molar-refractivity contribution is -0.941. The number of halogens is 4. The third kappa shape index (κ3) is 26.4. The topological polar surface area (TPSA) is 26.3 Å². The van der Waals surface area contributed by atoms with E-state index in [1.807, 2.05) is 18.2 Å². The summed E-state index contributed by atoms with van der Waals surface area (Å²) in [4.78, 5) is 11.5. The number of benzene rings is 3. The van der Waals surface area contributed by atoms with E-state index in [0.29, 0.717) is 12.2 Å². The second-order valence-corrected chi connectivity index (χ2v) is 14.7. The van der Waals surface area contributed by atoms with Gasteiger partial charge in [-0.2, -0.15) is 0 Å². The van der Waals surface area contributed by atoms with Crippen molar-refractivity contribution in [2.45, 2.75) is 93.2 Å². The van der Waals surface area contributed by atoms with Crippen molar-refractivity contribution in [3.8, 4) is 0 Å². The molecule has 306 valence electrons. The summed E-state index contributed by atoms with van der Waals surface area (Å²) in [6, 6.07) is 31.0. The Balaban J connectivity index is -0.000000333. The van der Waals surface area contributed by atoms with E-state index in [9.17, 15) is 4.79 Å². The maximum atomic E-state index is 11.5. The molecule has 3 aromatic rings. The van der Waals surface area contributed by atoms with E-state index in [4.69, 9.17) is 4.74 Å². The van der Waals surface area contributed by atoms with Crippen molar-refractivity contribution in [3.63, 3.8) is 0 Å². The minimum absolute atomic E-state index is 0. The van der Waals surface area contributed by atoms with Crippen LogP contribution >= 0.6 is 17.0 Å². The Bertz CT molecular complexity index is 1200. The molecule has 0 atom stereocenters. The Morgan fingerprint density at radius 1 is 0.509 bits per heavy atom. The molecule has 0 N–H and O–H groups in total. The van der Waals surface area contributed by atoms with Gasteiger partial charge < -0.3 is 69.1 Å². The van der Waals surface area contributed by atoms with Crippen LogP contribution in [0.5, 0.6) is 0 Å². The predicted octanol–water partition coefficient (Wildman–Crippen LogP) is 1.61. The van der Waals surface area contributed by atoms with Gasteiger partial charge in [-0.15, -0.1) is 17.0 Å². The van der Waals surface area contributed by atoms with Gasteiger partial charge in [0.25, 0.3) is 0 Å². The van der Waals surface area contributed by atoms with Crippen LogP contribution in [-0.4, -0.2) is 93.0 Å². The van der Waals surface area contributed by atoms with Crippen LogP contribution < -0.4 is 50.9 Å². The lowest BCUT2D eigenvalue weighted by atomic mass is 10.1. The van der Waals surface area contributed by atoms with Crippen LogP contribution in [-0.2, 0) is 17.8 Å². The lowest BCUT2D eigenvalue weighted by Gasteiger charge is -2.39. The molecule has 0 aliphatic rings. The van der Waals surface area contributed by atoms with Crippen LogP contribution in [0.3, 0.4) is 0 Å².